The van der Waals surface area contributed by atoms with E-state index in [0.717, 1.165) is 29.3 Å². The van der Waals surface area contributed by atoms with Crippen molar-refractivity contribution in [2.75, 3.05) is 13.1 Å². The van der Waals surface area contributed by atoms with Gasteiger partial charge in [0.2, 0.25) is 5.91 Å². The highest BCUT2D eigenvalue weighted by Crippen LogP contribution is 2.63. The Bertz CT molecular complexity index is 786. The molecule has 2 saturated carbocycles. The van der Waals surface area contributed by atoms with E-state index in [1.54, 1.807) is 6.20 Å². The molecule has 114 valence electrons. The Morgan fingerprint density at radius 1 is 1.36 bits per heavy atom. The van der Waals surface area contributed by atoms with E-state index < -0.39 is 5.60 Å². The van der Waals surface area contributed by atoms with Crippen LogP contribution in [0.3, 0.4) is 0 Å². The maximum Gasteiger partial charge on any atom is 0.225 e. The largest absolute Gasteiger partial charge is 0.384 e. The minimum Gasteiger partial charge on any atom is -0.384 e. The van der Waals surface area contributed by atoms with E-state index in [-0.39, 0.29) is 23.7 Å². The van der Waals surface area contributed by atoms with Crippen molar-refractivity contribution in [3.8, 4) is 0 Å². The number of nitrogens with one attached hydrogen (secondary N) is 1. The van der Waals surface area contributed by atoms with Gasteiger partial charge < -0.3 is 10.0 Å². The van der Waals surface area contributed by atoms with Crippen LogP contribution in [0.2, 0.25) is 5.02 Å². The quantitative estimate of drug-likeness (QED) is 0.889. The number of aromatic nitrogens is 2. The molecule has 6 heteroatoms. The molecule has 2 aromatic rings. The summed E-state index contributed by atoms with van der Waals surface area (Å²) < 4.78 is 0. The maximum atomic E-state index is 12.2. The third kappa shape index (κ3) is 1.58. The zero-order chi connectivity index (χ0) is 15.1. The molecule has 2 aliphatic carbocycles. The van der Waals surface area contributed by atoms with Gasteiger partial charge >= 0.3 is 0 Å². The summed E-state index contributed by atoms with van der Waals surface area (Å²) in [4.78, 5) is 14.1. The minimum atomic E-state index is -0.868. The number of H-pyrrole nitrogens is 1. The summed E-state index contributed by atoms with van der Waals surface area (Å²) in [7, 11) is 0. The van der Waals surface area contributed by atoms with Crippen molar-refractivity contribution in [2.24, 2.45) is 17.8 Å². The molecule has 1 saturated heterocycles. The summed E-state index contributed by atoms with van der Waals surface area (Å²) in [5.74, 6) is 0.755. The number of likely N-dealkylation sites (tertiary alicyclic amines) is 1. The van der Waals surface area contributed by atoms with Crippen molar-refractivity contribution in [3.05, 3.63) is 28.9 Å². The fraction of sp³-hybridized carbons (Fsp3) is 0.500. The number of piperidine rings is 1. The summed E-state index contributed by atoms with van der Waals surface area (Å²) in [5, 5.41) is 19.6. The van der Waals surface area contributed by atoms with E-state index in [1.807, 2.05) is 17.0 Å². The highest BCUT2D eigenvalue weighted by Gasteiger charge is 2.69. The number of hydrogen-bond donors (Lipinski definition) is 2. The first-order chi connectivity index (χ1) is 10.6. The van der Waals surface area contributed by atoms with Crippen molar-refractivity contribution in [1.29, 1.82) is 0 Å². The Hall–Kier alpha value is -1.59. The van der Waals surface area contributed by atoms with Gasteiger partial charge in [-0.15, -0.1) is 0 Å². The summed E-state index contributed by atoms with van der Waals surface area (Å²) >= 11 is 6.18. The van der Waals surface area contributed by atoms with E-state index in [9.17, 15) is 9.90 Å². The van der Waals surface area contributed by atoms with Gasteiger partial charge in [0.25, 0.3) is 0 Å². The summed E-state index contributed by atoms with van der Waals surface area (Å²) in [5.41, 5.74) is 0.817. The van der Waals surface area contributed by atoms with E-state index in [1.165, 1.54) is 0 Å². The fourth-order valence-electron chi connectivity index (χ4n) is 4.12. The smallest absolute Gasteiger partial charge is 0.225 e. The molecule has 3 atom stereocenters. The molecule has 5 rings (SSSR count). The van der Waals surface area contributed by atoms with Gasteiger partial charge in [0.05, 0.1) is 11.7 Å². The van der Waals surface area contributed by atoms with Crippen LogP contribution in [0.5, 0.6) is 0 Å². The monoisotopic (exact) mass is 317 g/mol. The van der Waals surface area contributed by atoms with Crippen LogP contribution >= 0.6 is 11.6 Å². The van der Waals surface area contributed by atoms with Crippen LogP contribution in [0.25, 0.3) is 10.9 Å². The van der Waals surface area contributed by atoms with Crippen molar-refractivity contribution >= 4 is 28.4 Å². The van der Waals surface area contributed by atoms with Crippen LogP contribution in [-0.2, 0) is 10.4 Å². The van der Waals surface area contributed by atoms with Crippen LogP contribution in [-0.4, -0.2) is 39.2 Å². The average Bonchev–Trinajstić information content (AvgIpc) is 3.28. The first kappa shape index (κ1) is 12.9. The van der Waals surface area contributed by atoms with E-state index in [0.29, 0.717) is 18.1 Å². The van der Waals surface area contributed by atoms with Crippen LogP contribution < -0.4 is 0 Å². The van der Waals surface area contributed by atoms with Gasteiger partial charge in [-0.05, 0) is 30.5 Å². The lowest BCUT2D eigenvalue weighted by Gasteiger charge is -2.24. The number of amides is 1. The second-order valence-corrected chi connectivity index (χ2v) is 7.28. The second kappa shape index (κ2) is 4.03. The van der Waals surface area contributed by atoms with E-state index >= 15 is 0 Å². The van der Waals surface area contributed by atoms with Crippen molar-refractivity contribution in [1.82, 2.24) is 15.1 Å². The molecule has 0 radical (unpaired) electrons. The predicted octanol–water partition coefficient (Wildman–Crippen LogP) is 1.90. The zero-order valence-corrected chi connectivity index (χ0v) is 12.7. The number of carbonyl (C=O) groups is 1. The third-order valence-corrected chi connectivity index (χ3v) is 5.75. The SMILES string of the molecule is O=C(C1CC1)N1C[C@@H]2[C@H](C1)C2(O)c1cc(Cl)cc2[nH]ncc12. The Morgan fingerprint density at radius 2 is 2.09 bits per heavy atom. The highest BCUT2D eigenvalue weighted by atomic mass is 35.5. The molecule has 1 aromatic carbocycles. The van der Waals surface area contributed by atoms with Crippen molar-refractivity contribution < 1.29 is 9.90 Å². The molecule has 3 fully saturated rings. The molecule has 3 aliphatic rings. The van der Waals surface area contributed by atoms with Crippen molar-refractivity contribution in [3.63, 3.8) is 0 Å². The summed E-state index contributed by atoms with van der Waals surface area (Å²) in [6, 6.07) is 3.66. The van der Waals surface area contributed by atoms with Crippen molar-refractivity contribution in [2.45, 2.75) is 18.4 Å². The molecule has 2 heterocycles. The number of nitrogens with zero attached hydrogens (tertiary/aromatic N) is 2. The van der Waals surface area contributed by atoms with Crippen LogP contribution in [0.15, 0.2) is 18.3 Å². The number of carbonyl (C=O) groups excluding carboxylic acids is 1. The van der Waals surface area contributed by atoms with Crippen LogP contribution in [0, 0.1) is 17.8 Å². The molecule has 1 unspecified atom stereocenters. The fourth-order valence-corrected chi connectivity index (χ4v) is 4.34. The van der Waals surface area contributed by atoms with E-state index in [2.05, 4.69) is 10.2 Å². The second-order valence-electron chi connectivity index (χ2n) is 6.84. The normalized spacial score (nSPS) is 33.3. The predicted molar refractivity (Wildman–Crippen MR) is 81.3 cm³/mol. The lowest BCUT2D eigenvalue weighted by Crippen LogP contribution is -2.36. The Kier molecular flexibility index (Phi) is 2.36. The molecule has 2 N–H and O–H groups in total. The molecule has 1 aromatic heterocycles. The highest BCUT2D eigenvalue weighted by molar-refractivity contribution is 6.31. The first-order valence-corrected chi connectivity index (χ1v) is 8.11. The first-order valence-electron chi connectivity index (χ1n) is 7.73. The molecule has 22 heavy (non-hydrogen) atoms. The number of rotatable bonds is 2. The lowest BCUT2D eigenvalue weighted by molar-refractivity contribution is -0.132. The summed E-state index contributed by atoms with van der Waals surface area (Å²) in [6.07, 6.45) is 3.79. The Balaban J connectivity index is 1.47. The zero-order valence-electron chi connectivity index (χ0n) is 11.9. The van der Waals surface area contributed by atoms with Gasteiger partial charge in [0.1, 0.15) is 5.60 Å². The van der Waals surface area contributed by atoms with Gasteiger partial charge in [-0.3, -0.25) is 9.89 Å². The molecule has 0 bridgehead atoms. The number of fused-ring (bicyclic) bond motifs is 2. The molecule has 5 nitrogen and oxygen atoms in total. The Labute approximate surface area is 132 Å². The molecular weight excluding hydrogens is 302 g/mol. The van der Waals surface area contributed by atoms with Gasteiger partial charge in [-0.25, -0.2) is 0 Å². The number of halogens is 1. The van der Waals surface area contributed by atoms with Crippen LogP contribution in [0.4, 0.5) is 0 Å². The summed E-state index contributed by atoms with van der Waals surface area (Å²) in [6.45, 7) is 1.31. The Morgan fingerprint density at radius 3 is 2.77 bits per heavy atom. The molecular formula is C16H16ClN3O2. The van der Waals surface area contributed by atoms with E-state index in [4.69, 9.17) is 11.6 Å². The lowest BCUT2D eigenvalue weighted by atomic mass is 9.99. The topological polar surface area (TPSA) is 69.2 Å². The van der Waals surface area contributed by atoms with Gasteiger partial charge in [-0.1, -0.05) is 11.6 Å². The number of aliphatic hydroxyl groups is 1. The number of aromatic amines is 1. The maximum absolute atomic E-state index is 12.2. The number of hydrogen-bond acceptors (Lipinski definition) is 3. The average molecular weight is 318 g/mol. The van der Waals surface area contributed by atoms with Gasteiger partial charge in [-0.2, -0.15) is 5.10 Å². The standard InChI is InChI=1S/C16H16ClN3O2/c17-9-3-11(10-5-18-19-14(10)4-9)16(22)12-6-20(7-13(12)16)15(21)8-1-2-8/h3-5,8,12-13,22H,1-2,6-7H2,(H,18,19)/t12-,13+,16?. The minimum absolute atomic E-state index is 0.117. The number of benzene rings is 1. The molecule has 1 aliphatic heterocycles. The van der Waals surface area contributed by atoms with Gasteiger partial charge in [0, 0.05) is 41.3 Å². The third-order valence-electron chi connectivity index (χ3n) is 5.53. The van der Waals surface area contributed by atoms with Crippen LogP contribution in [0.1, 0.15) is 18.4 Å². The molecule has 0 spiro atoms. The molecule has 1 amide bonds. The van der Waals surface area contributed by atoms with Gasteiger partial charge in [0.15, 0.2) is 0 Å².